The van der Waals surface area contributed by atoms with Crippen LogP contribution in [0.25, 0.3) is 27.8 Å². The van der Waals surface area contributed by atoms with Gasteiger partial charge in [-0.15, -0.1) is 5.10 Å². The highest BCUT2D eigenvalue weighted by Crippen LogP contribution is 2.29. The maximum atomic E-state index is 7.37. The SMILES string of the molecule is [2H]C([2H])([2H])Nc1ncc(-c2nc3ccccn3n2)c2ccncc12. The molecule has 1 N–H and O–H groups in total. The first-order valence-electron chi connectivity index (χ1n) is 7.84. The number of anilines is 1. The molecule has 0 fully saturated rings. The first-order valence-corrected chi connectivity index (χ1v) is 6.34. The molecule has 0 bridgehead atoms. The van der Waals surface area contributed by atoms with Crippen LogP contribution in [0, 0.1) is 0 Å². The summed E-state index contributed by atoms with van der Waals surface area (Å²) in [5.74, 6) is 0.774. The molecule has 0 aliphatic carbocycles. The lowest BCUT2D eigenvalue weighted by Crippen LogP contribution is -1.96. The van der Waals surface area contributed by atoms with Gasteiger partial charge in [0.25, 0.3) is 0 Å². The Morgan fingerprint density at radius 3 is 3.10 bits per heavy atom. The predicted octanol–water partition coefficient (Wildman–Crippen LogP) is 2.38. The second kappa shape index (κ2) is 4.52. The number of nitrogens with zero attached hydrogens (tertiary/aromatic N) is 5. The molecule has 0 aromatic carbocycles. The molecule has 102 valence electrons. The molecule has 4 rings (SSSR count). The van der Waals surface area contributed by atoms with Crippen molar-refractivity contribution in [2.75, 3.05) is 12.3 Å². The third-order valence-electron chi connectivity index (χ3n) is 3.29. The van der Waals surface area contributed by atoms with Crippen molar-refractivity contribution in [2.24, 2.45) is 0 Å². The molecule has 0 aliphatic rings. The summed E-state index contributed by atoms with van der Waals surface area (Å²) in [7, 11) is 0. The van der Waals surface area contributed by atoms with Crippen LogP contribution in [0.4, 0.5) is 5.82 Å². The lowest BCUT2D eigenvalue weighted by atomic mass is 10.1. The van der Waals surface area contributed by atoms with Gasteiger partial charge in [-0.3, -0.25) is 4.98 Å². The highest BCUT2D eigenvalue weighted by atomic mass is 15.3. The fraction of sp³-hybridized carbons (Fsp3) is 0.0667. The van der Waals surface area contributed by atoms with Crippen LogP contribution in [0.1, 0.15) is 4.11 Å². The van der Waals surface area contributed by atoms with Crippen LogP contribution in [0.2, 0.25) is 0 Å². The minimum absolute atomic E-state index is 0.255. The van der Waals surface area contributed by atoms with Crippen molar-refractivity contribution in [1.29, 1.82) is 0 Å². The van der Waals surface area contributed by atoms with E-state index in [0.717, 1.165) is 11.0 Å². The van der Waals surface area contributed by atoms with E-state index in [0.29, 0.717) is 16.8 Å². The van der Waals surface area contributed by atoms with Crippen molar-refractivity contribution >= 4 is 22.2 Å². The Labute approximate surface area is 124 Å². The number of rotatable bonds is 2. The van der Waals surface area contributed by atoms with E-state index >= 15 is 0 Å². The van der Waals surface area contributed by atoms with Crippen LogP contribution in [0.3, 0.4) is 0 Å². The maximum absolute atomic E-state index is 7.37. The Morgan fingerprint density at radius 1 is 1.19 bits per heavy atom. The molecule has 4 aromatic heterocycles. The molecular weight excluding hydrogens is 264 g/mol. The Morgan fingerprint density at radius 2 is 2.19 bits per heavy atom. The average molecular weight is 279 g/mol. The minimum Gasteiger partial charge on any atom is -0.373 e. The van der Waals surface area contributed by atoms with E-state index in [2.05, 4.69) is 25.4 Å². The van der Waals surface area contributed by atoms with Crippen LogP contribution in [0.15, 0.2) is 49.1 Å². The highest BCUT2D eigenvalue weighted by Gasteiger charge is 2.12. The van der Waals surface area contributed by atoms with Gasteiger partial charge < -0.3 is 5.32 Å². The number of hydrogen-bond donors (Lipinski definition) is 1. The molecule has 21 heavy (non-hydrogen) atoms. The van der Waals surface area contributed by atoms with Gasteiger partial charge in [0.05, 0.1) is 0 Å². The maximum Gasteiger partial charge on any atom is 0.184 e. The summed E-state index contributed by atoms with van der Waals surface area (Å²) in [6.07, 6.45) is 6.61. The lowest BCUT2D eigenvalue weighted by molar-refractivity contribution is 0.966. The van der Waals surface area contributed by atoms with Crippen LogP contribution in [-0.2, 0) is 0 Å². The normalized spacial score (nSPS) is 13.8. The van der Waals surface area contributed by atoms with Crippen molar-refractivity contribution in [3.05, 3.63) is 49.1 Å². The Bertz CT molecular complexity index is 1010. The number of fused-ring (bicyclic) bond motifs is 2. The fourth-order valence-electron chi connectivity index (χ4n) is 2.31. The van der Waals surface area contributed by atoms with Crippen molar-refractivity contribution in [3.63, 3.8) is 0 Å². The molecule has 0 saturated heterocycles. The first-order chi connectivity index (χ1) is 11.5. The van der Waals surface area contributed by atoms with Crippen molar-refractivity contribution in [2.45, 2.75) is 0 Å². The second-order valence-corrected chi connectivity index (χ2v) is 4.51. The zero-order chi connectivity index (χ0) is 16.7. The van der Waals surface area contributed by atoms with Gasteiger partial charge >= 0.3 is 0 Å². The van der Waals surface area contributed by atoms with Gasteiger partial charge in [-0.1, -0.05) is 6.07 Å². The molecule has 0 aliphatic heterocycles. The summed E-state index contributed by atoms with van der Waals surface area (Å²) in [5.41, 5.74) is 1.44. The summed E-state index contributed by atoms with van der Waals surface area (Å²) in [6.45, 7) is -2.33. The van der Waals surface area contributed by atoms with E-state index in [1.54, 1.807) is 29.2 Å². The van der Waals surface area contributed by atoms with Crippen molar-refractivity contribution in [3.8, 4) is 11.4 Å². The van der Waals surface area contributed by atoms with E-state index < -0.39 is 6.98 Å². The Hall–Kier alpha value is -3.02. The molecule has 0 atom stereocenters. The fourth-order valence-corrected chi connectivity index (χ4v) is 2.31. The minimum atomic E-state index is -2.33. The molecule has 4 heterocycles. The highest BCUT2D eigenvalue weighted by molar-refractivity contribution is 6.00. The first kappa shape index (κ1) is 9.02. The Balaban J connectivity index is 1.92. The van der Waals surface area contributed by atoms with E-state index in [4.69, 9.17) is 4.11 Å². The Kier molecular flexibility index (Phi) is 1.94. The molecule has 0 radical (unpaired) electrons. The smallest absolute Gasteiger partial charge is 0.184 e. The molecule has 6 heteroatoms. The van der Waals surface area contributed by atoms with Gasteiger partial charge in [0.1, 0.15) is 5.82 Å². The third kappa shape index (κ3) is 1.80. The molecular formula is C15H12N6. The summed E-state index contributed by atoms with van der Waals surface area (Å²) in [6, 6.07) is 7.41. The molecule has 4 aromatic rings. The van der Waals surface area contributed by atoms with E-state index in [9.17, 15) is 0 Å². The van der Waals surface area contributed by atoms with Gasteiger partial charge in [0, 0.05) is 52.2 Å². The summed E-state index contributed by atoms with van der Waals surface area (Å²) < 4.78 is 23.8. The van der Waals surface area contributed by atoms with Crippen LogP contribution in [0.5, 0.6) is 0 Å². The molecule has 0 saturated carbocycles. The number of aromatic nitrogens is 5. The van der Waals surface area contributed by atoms with E-state index in [1.165, 1.54) is 0 Å². The third-order valence-corrected chi connectivity index (χ3v) is 3.29. The van der Waals surface area contributed by atoms with E-state index in [-0.39, 0.29) is 5.82 Å². The van der Waals surface area contributed by atoms with E-state index in [1.807, 2.05) is 24.4 Å². The zero-order valence-electron chi connectivity index (χ0n) is 13.9. The summed E-state index contributed by atoms with van der Waals surface area (Å²) in [5, 5.41) is 8.27. The van der Waals surface area contributed by atoms with Crippen LogP contribution < -0.4 is 5.32 Å². The molecule has 0 spiro atoms. The predicted molar refractivity (Wildman–Crippen MR) is 81.1 cm³/mol. The van der Waals surface area contributed by atoms with Crippen LogP contribution in [-0.4, -0.2) is 31.5 Å². The topological polar surface area (TPSA) is 68.0 Å². The quantitative estimate of drug-likeness (QED) is 0.610. The number of pyridine rings is 3. The van der Waals surface area contributed by atoms with Gasteiger partial charge in [-0.25, -0.2) is 14.5 Å². The van der Waals surface area contributed by atoms with Gasteiger partial charge in [-0.05, 0) is 18.2 Å². The van der Waals surface area contributed by atoms with Gasteiger partial charge in [0.2, 0.25) is 0 Å². The van der Waals surface area contributed by atoms with Gasteiger partial charge in [0.15, 0.2) is 11.5 Å². The van der Waals surface area contributed by atoms with Crippen LogP contribution >= 0.6 is 0 Å². The molecule has 0 unspecified atom stereocenters. The van der Waals surface area contributed by atoms with Crippen molar-refractivity contribution < 1.29 is 4.11 Å². The zero-order valence-corrected chi connectivity index (χ0v) is 10.9. The monoisotopic (exact) mass is 279 g/mol. The number of hydrogen-bond acceptors (Lipinski definition) is 5. The molecule has 6 nitrogen and oxygen atoms in total. The summed E-state index contributed by atoms with van der Waals surface area (Å²) in [4.78, 5) is 12.8. The largest absolute Gasteiger partial charge is 0.373 e. The lowest BCUT2D eigenvalue weighted by Gasteiger charge is -2.07. The number of nitrogens with one attached hydrogen (secondary N) is 1. The average Bonchev–Trinajstić information content (AvgIpc) is 2.97. The standard InChI is InChI=1S/C15H12N6/c1-16-14-11-8-17-6-5-10(11)12(9-18-14)15-19-13-4-2-3-7-21(13)20-15/h2-9H,1H3,(H,16,18)/i1D3. The molecule has 0 amide bonds. The second-order valence-electron chi connectivity index (χ2n) is 4.51. The van der Waals surface area contributed by atoms with Crippen molar-refractivity contribution in [1.82, 2.24) is 24.6 Å². The summed E-state index contributed by atoms with van der Waals surface area (Å²) >= 11 is 0. The van der Waals surface area contributed by atoms with Gasteiger partial charge in [-0.2, -0.15) is 0 Å².